The Hall–Kier alpha value is -1.71. The van der Waals surface area contributed by atoms with Crippen LogP contribution >= 0.6 is 0 Å². The number of hydrogen-bond acceptors (Lipinski definition) is 9. The molecular formula is C13H20O9. The van der Waals surface area contributed by atoms with E-state index in [4.69, 9.17) is 18.9 Å². The van der Waals surface area contributed by atoms with Crippen LogP contribution in [0.4, 0.5) is 0 Å². The molecule has 0 saturated carbocycles. The van der Waals surface area contributed by atoms with Crippen molar-refractivity contribution < 1.29 is 43.5 Å². The van der Waals surface area contributed by atoms with Gasteiger partial charge in [0.25, 0.3) is 0 Å². The summed E-state index contributed by atoms with van der Waals surface area (Å²) in [7, 11) is 0. The molecule has 0 aromatic heterocycles. The maximum absolute atomic E-state index is 11.1. The highest BCUT2D eigenvalue weighted by atomic mass is 16.6. The van der Waals surface area contributed by atoms with Gasteiger partial charge in [-0.3, -0.25) is 14.4 Å². The van der Waals surface area contributed by atoms with Gasteiger partial charge in [0.2, 0.25) is 0 Å². The van der Waals surface area contributed by atoms with Crippen molar-refractivity contribution in [3.05, 3.63) is 0 Å². The van der Waals surface area contributed by atoms with Gasteiger partial charge in [0.1, 0.15) is 24.9 Å². The second-order valence-corrected chi connectivity index (χ2v) is 4.88. The van der Waals surface area contributed by atoms with Crippen LogP contribution in [-0.4, -0.2) is 71.9 Å². The molecule has 1 aliphatic rings. The van der Waals surface area contributed by atoms with Crippen LogP contribution in [0, 0.1) is 0 Å². The Morgan fingerprint density at radius 2 is 1.73 bits per heavy atom. The quantitative estimate of drug-likeness (QED) is 0.461. The summed E-state index contributed by atoms with van der Waals surface area (Å²) in [4.78, 5) is 32.9. The number of carbonyl (C=O) groups excluding carboxylic acids is 3. The number of rotatable bonds is 5. The maximum Gasteiger partial charge on any atom is 0.303 e. The Balaban J connectivity index is 2.76. The lowest BCUT2D eigenvalue weighted by Crippen LogP contribution is -2.59. The molecule has 22 heavy (non-hydrogen) atoms. The SMILES string of the molecule is CC(=O)OC[C@@H](OC(C)=O)C1OCC(OC(C)=O)C(O)[C@@H]1O. The van der Waals surface area contributed by atoms with E-state index >= 15 is 0 Å². The molecule has 3 unspecified atom stereocenters. The summed E-state index contributed by atoms with van der Waals surface area (Å²) in [5.74, 6) is -1.89. The van der Waals surface area contributed by atoms with Gasteiger partial charge in [-0.2, -0.15) is 0 Å². The molecule has 1 aliphatic heterocycles. The van der Waals surface area contributed by atoms with E-state index in [1.54, 1.807) is 0 Å². The molecule has 0 aromatic carbocycles. The van der Waals surface area contributed by atoms with Crippen molar-refractivity contribution in [2.45, 2.75) is 51.3 Å². The molecule has 1 saturated heterocycles. The summed E-state index contributed by atoms with van der Waals surface area (Å²) in [6.45, 7) is 2.96. The van der Waals surface area contributed by atoms with Crippen molar-refractivity contribution in [2.75, 3.05) is 13.2 Å². The van der Waals surface area contributed by atoms with Crippen molar-refractivity contribution in [3.63, 3.8) is 0 Å². The van der Waals surface area contributed by atoms with Crippen molar-refractivity contribution in [3.8, 4) is 0 Å². The predicted molar refractivity (Wildman–Crippen MR) is 69.5 cm³/mol. The number of esters is 3. The Kier molecular flexibility index (Phi) is 6.72. The second kappa shape index (κ2) is 8.06. The number of carbonyl (C=O) groups is 3. The Labute approximate surface area is 127 Å². The van der Waals surface area contributed by atoms with Crippen molar-refractivity contribution in [1.29, 1.82) is 0 Å². The fourth-order valence-corrected chi connectivity index (χ4v) is 2.07. The molecule has 1 heterocycles. The first-order valence-corrected chi connectivity index (χ1v) is 6.68. The molecule has 1 rings (SSSR count). The highest BCUT2D eigenvalue weighted by molar-refractivity contribution is 5.67. The zero-order valence-electron chi connectivity index (χ0n) is 12.6. The summed E-state index contributed by atoms with van der Waals surface area (Å²) in [5.41, 5.74) is 0. The van der Waals surface area contributed by atoms with Gasteiger partial charge in [-0.1, -0.05) is 0 Å². The molecule has 0 radical (unpaired) electrons. The molecule has 9 nitrogen and oxygen atoms in total. The molecule has 0 spiro atoms. The van der Waals surface area contributed by atoms with Gasteiger partial charge < -0.3 is 29.2 Å². The maximum atomic E-state index is 11.1. The van der Waals surface area contributed by atoms with Gasteiger partial charge in [0.15, 0.2) is 12.2 Å². The topological polar surface area (TPSA) is 129 Å². The van der Waals surface area contributed by atoms with Crippen LogP contribution in [0.3, 0.4) is 0 Å². The zero-order valence-corrected chi connectivity index (χ0v) is 12.6. The van der Waals surface area contributed by atoms with Crippen LogP contribution in [0.25, 0.3) is 0 Å². The minimum Gasteiger partial charge on any atom is -0.462 e. The minimum atomic E-state index is -1.49. The van der Waals surface area contributed by atoms with Crippen LogP contribution in [0.15, 0.2) is 0 Å². The highest BCUT2D eigenvalue weighted by Crippen LogP contribution is 2.22. The van der Waals surface area contributed by atoms with Crippen molar-refractivity contribution in [2.24, 2.45) is 0 Å². The van der Waals surface area contributed by atoms with Gasteiger partial charge in [0.05, 0.1) is 6.61 Å². The van der Waals surface area contributed by atoms with Crippen LogP contribution in [0.1, 0.15) is 20.8 Å². The van der Waals surface area contributed by atoms with E-state index < -0.39 is 48.4 Å². The monoisotopic (exact) mass is 320 g/mol. The molecule has 0 aromatic rings. The van der Waals surface area contributed by atoms with E-state index in [-0.39, 0.29) is 13.2 Å². The standard InChI is InChI=1S/C13H20O9/c1-6(14)19-5-10(22-8(3)16)13-12(18)11(17)9(4-20-13)21-7(2)15/h9-13,17-18H,4-5H2,1-3H3/t9?,10-,11?,12+,13?/m1/s1. The molecule has 5 atom stereocenters. The number of aliphatic hydroxyl groups is 2. The third-order valence-corrected chi connectivity index (χ3v) is 2.97. The molecule has 0 bridgehead atoms. The Morgan fingerprint density at radius 1 is 1.09 bits per heavy atom. The average Bonchev–Trinajstić information content (AvgIpc) is 2.39. The van der Waals surface area contributed by atoms with Gasteiger partial charge >= 0.3 is 17.9 Å². The number of ether oxygens (including phenoxy) is 4. The molecule has 126 valence electrons. The van der Waals surface area contributed by atoms with Crippen LogP contribution in [0.5, 0.6) is 0 Å². The average molecular weight is 320 g/mol. The van der Waals surface area contributed by atoms with Crippen molar-refractivity contribution in [1.82, 2.24) is 0 Å². The molecule has 2 N–H and O–H groups in total. The lowest BCUT2D eigenvalue weighted by atomic mass is 9.96. The number of hydrogen-bond donors (Lipinski definition) is 2. The van der Waals surface area contributed by atoms with Crippen LogP contribution < -0.4 is 0 Å². The third-order valence-electron chi connectivity index (χ3n) is 2.97. The first-order chi connectivity index (χ1) is 10.2. The predicted octanol–water partition coefficient (Wildman–Crippen LogP) is -1.47. The van der Waals surface area contributed by atoms with E-state index in [1.165, 1.54) is 6.92 Å². The lowest BCUT2D eigenvalue weighted by molar-refractivity contribution is -0.230. The van der Waals surface area contributed by atoms with Gasteiger partial charge in [-0.25, -0.2) is 0 Å². The molecule has 0 amide bonds. The summed E-state index contributed by atoms with van der Waals surface area (Å²) in [6.07, 6.45) is -6.15. The van der Waals surface area contributed by atoms with E-state index in [2.05, 4.69) is 0 Å². The summed E-state index contributed by atoms with van der Waals surface area (Å²) < 4.78 is 19.8. The summed E-state index contributed by atoms with van der Waals surface area (Å²) in [6, 6.07) is 0. The largest absolute Gasteiger partial charge is 0.462 e. The van der Waals surface area contributed by atoms with Gasteiger partial charge in [-0.05, 0) is 0 Å². The normalized spacial score (nSPS) is 29.3. The van der Waals surface area contributed by atoms with Crippen LogP contribution in [0.2, 0.25) is 0 Å². The lowest BCUT2D eigenvalue weighted by Gasteiger charge is -2.39. The number of aliphatic hydroxyl groups excluding tert-OH is 2. The van der Waals surface area contributed by atoms with Gasteiger partial charge in [0, 0.05) is 20.8 Å². The molecular weight excluding hydrogens is 300 g/mol. The third kappa shape index (κ3) is 5.24. The zero-order chi connectivity index (χ0) is 16.9. The first kappa shape index (κ1) is 18.3. The molecule has 1 fully saturated rings. The van der Waals surface area contributed by atoms with Crippen LogP contribution in [-0.2, 0) is 33.3 Å². The Bertz CT molecular complexity index is 422. The van der Waals surface area contributed by atoms with E-state index in [0.29, 0.717) is 0 Å². The minimum absolute atomic E-state index is 0.194. The smallest absolute Gasteiger partial charge is 0.303 e. The van der Waals surface area contributed by atoms with E-state index in [9.17, 15) is 24.6 Å². The summed E-state index contributed by atoms with van der Waals surface area (Å²) in [5, 5.41) is 20.0. The second-order valence-electron chi connectivity index (χ2n) is 4.88. The highest BCUT2D eigenvalue weighted by Gasteiger charge is 2.45. The Morgan fingerprint density at radius 3 is 2.23 bits per heavy atom. The van der Waals surface area contributed by atoms with E-state index in [0.717, 1.165) is 13.8 Å². The molecule has 9 heteroatoms. The first-order valence-electron chi connectivity index (χ1n) is 6.68. The van der Waals surface area contributed by atoms with E-state index in [1.807, 2.05) is 0 Å². The fourth-order valence-electron chi connectivity index (χ4n) is 2.07. The summed E-state index contributed by atoms with van der Waals surface area (Å²) >= 11 is 0. The van der Waals surface area contributed by atoms with Crippen molar-refractivity contribution >= 4 is 17.9 Å². The fraction of sp³-hybridized carbons (Fsp3) is 0.769. The van der Waals surface area contributed by atoms with Gasteiger partial charge in [-0.15, -0.1) is 0 Å². The molecule has 0 aliphatic carbocycles.